The first-order chi connectivity index (χ1) is 16.9. The lowest BCUT2D eigenvalue weighted by atomic mass is 9.96. The summed E-state index contributed by atoms with van der Waals surface area (Å²) in [5, 5.41) is 3.96. The summed E-state index contributed by atoms with van der Waals surface area (Å²) < 4.78 is 17.1. The first-order valence-corrected chi connectivity index (χ1v) is 12.4. The maximum atomic E-state index is 12.8. The highest BCUT2D eigenvalue weighted by molar-refractivity contribution is 6.00. The Morgan fingerprint density at radius 1 is 1.17 bits per heavy atom. The Morgan fingerprint density at radius 2 is 1.97 bits per heavy atom. The molecule has 0 spiro atoms. The predicted molar refractivity (Wildman–Crippen MR) is 137 cm³/mol. The molecule has 7 heteroatoms. The number of benzene rings is 2. The maximum Gasteiger partial charge on any atom is 0.267 e. The van der Waals surface area contributed by atoms with Gasteiger partial charge in [-0.05, 0) is 69.5 Å². The van der Waals surface area contributed by atoms with Crippen molar-refractivity contribution in [3.63, 3.8) is 0 Å². The Labute approximate surface area is 206 Å². The second-order valence-corrected chi connectivity index (χ2v) is 10.3. The first-order valence-electron chi connectivity index (χ1n) is 12.4. The van der Waals surface area contributed by atoms with Crippen LogP contribution in [-0.4, -0.2) is 55.2 Å². The minimum absolute atomic E-state index is 0.0933. The van der Waals surface area contributed by atoms with Gasteiger partial charge in [-0.25, -0.2) is 0 Å². The van der Waals surface area contributed by atoms with E-state index in [0.29, 0.717) is 29.7 Å². The summed E-state index contributed by atoms with van der Waals surface area (Å²) in [6.07, 6.45) is 3.10. The Kier molecular flexibility index (Phi) is 6.36. The van der Waals surface area contributed by atoms with Crippen molar-refractivity contribution in [1.82, 2.24) is 15.2 Å². The van der Waals surface area contributed by atoms with Crippen LogP contribution in [0.3, 0.4) is 0 Å². The molecule has 2 aliphatic rings. The number of amides is 1. The number of para-hydroxylation sites is 1. The summed E-state index contributed by atoms with van der Waals surface area (Å²) in [6.45, 7) is 7.95. The number of fused-ring (bicyclic) bond motifs is 2. The Hall–Kier alpha value is -3.19. The van der Waals surface area contributed by atoms with Gasteiger partial charge in [-0.1, -0.05) is 18.2 Å². The van der Waals surface area contributed by atoms with Crippen molar-refractivity contribution in [2.45, 2.75) is 45.3 Å². The van der Waals surface area contributed by atoms with Crippen LogP contribution in [-0.2, 0) is 13.0 Å². The molecule has 3 heterocycles. The molecule has 2 N–H and O–H groups in total. The fourth-order valence-electron chi connectivity index (χ4n) is 5.38. The van der Waals surface area contributed by atoms with E-state index in [1.807, 2.05) is 18.2 Å². The van der Waals surface area contributed by atoms with E-state index in [4.69, 9.17) is 14.2 Å². The van der Waals surface area contributed by atoms with Gasteiger partial charge in [0.25, 0.3) is 5.91 Å². The number of aromatic amines is 1. The lowest BCUT2D eigenvalue weighted by Gasteiger charge is -2.32. The number of hydrogen-bond donors (Lipinski definition) is 2. The van der Waals surface area contributed by atoms with Crippen LogP contribution >= 0.6 is 0 Å². The Morgan fingerprint density at radius 3 is 2.71 bits per heavy atom. The quantitative estimate of drug-likeness (QED) is 0.523. The number of carbonyl (C=O) groups excluding carboxylic acids is 1. The van der Waals surface area contributed by atoms with Gasteiger partial charge in [-0.15, -0.1) is 0 Å². The zero-order chi connectivity index (χ0) is 24.6. The normalized spacial score (nSPS) is 17.7. The molecule has 5 rings (SSSR count). The molecule has 0 aliphatic carbocycles. The zero-order valence-electron chi connectivity index (χ0n) is 21.1. The summed E-state index contributed by atoms with van der Waals surface area (Å²) in [4.78, 5) is 18.5. The average Bonchev–Trinajstić information content (AvgIpc) is 3.43. The molecule has 0 unspecified atom stereocenters. The Balaban J connectivity index is 1.14. The molecule has 0 atom stereocenters. The Bertz CT molecular complexity index is 1220. The average molecular weight is 478 g/mol. The van der Waals surface area contributed by atoms with Crippen molar-refractivity contribution in [1.29, 1.82) is 0 Å². The van der Waals surface area contributed by atoms with E-state index < -0.39 is 0 Å². The minimum Gasteiger partial charge on any atom is -0.493 e. The third-order valence-corrected chi connectivity index (χ3v) is 7.21. The van der Waals surface area contributed by atoms with Crippen molar-refractivity contribution < 1.29 is 19.0 Å². The van der Waals surface area contributed by atoms with Gasteiger partial charge >= 0.3 is 0 Å². The minimum atomic E-state index is -0.119. The highest BCUT2D eigenvalue weighted by Gasteiger charge is 2.32. The first kappa shape index (κ1) is 23.5. The fourth-order valence-corrected chi connectivity index (χ4v) is 5.38. The lowest BCUT2D eigenvalue weighted by molar-refractivity contribution is 0.0930. The van der Waals surface area contributed by atoms with Gasteiger partial charge in [0.05, 0.1) is 19.7 Å². The van der Waals surface area contributed by atoms with Crippen LogP contribution in [0.5, 0.6) is 17.2 Å². The molecule has 0 radical (unpaired) electrons. The van der Waals surface area contributed by atoms with Crippen molar-refractivity contribution in [3.05, 3.63) is 53.2 Å². The highest BCUT2D eigenvalue weighted by Crippen LogP contribution is 2.38. The van der Waals surface area contributed by atoms with E-state index in [1.165, 1.54) is 11.1 Å². The van der Waals surface area contributed by atoms with E-state index in [0.717, 1.165) is 55.5 Å². The third-order valence-electron chi connectivity index (χ3n) is 7.21. The monoisotopic (exact) mass is 477 g/mol. The maximum absolute atomic E-state index is 12.8. The predicted octanol–water partition coefficient (Wildman–Crippen LogP) is 4.54. The van der Waals surface area contributed by atoms with Crippen LogP contribution in [0.4, 0.5) is 0 Å². The van der Waals surface area contributed by atoms with Gasteiger partial charge in [0, 0.05) is 30.5 Å². The van der Waals surface area contributed by atoms with Crippen molar-refractivity contribution in [2.24, 2.45) is 5.92 Å². The van der Waals surface area contributed by atoms with Crippen LogP contribution < -0.4 is 19.5 Å². The van der Waals surface area contributed by atoms with Gasteiger partial charge in [0.15, 0.2) is 11.5 Å². The highest BCUT2D eigenvalue weighted by atomic mass is 16.5. The number of nitrogens with one attached hydrogen (secondary N) is 2. The van der Waals surface area contributed by atoms with Crippen molar-refractivity contribution in [3.8, 4) is 17.2 Å². The van der Waals surface area contributed by atoms with E-state index in [-0.39, 0.29) is 11.5 Å². The zero-order valence-corrected chi connectivity index (χ0v) is 21.1. The van der Waals surface area contributed by atoms with Gasteiger partial charge < -0.3 is 24.5 Å². The lowest BCUT2D eigenvalue weighted by Crippen LogP contribution is -2.38. The van der Waals surface area contributed by atoms with E-state index in [2.05, 4.69) is 47.2 Å². The van der Waals surface area contributed by atoms with E-state index in [1.54, 1.807) is 14.2 Å². The molecule has 186 valence electrons. The number of rotatable bonds is 7. The number of likely N-dealkylation sites (tertiary alicyclic amines) is 1. The van der Waals surface area contributed by atoms with Gasteiger partial charge in [0.2, 0.25) is 0 Å². The van der Waals surface area contributed by atoms with Gasteiger partial charge in [-0.2, -0.15) is 0 Å². The molecule has 1 saturated heterocycles. The number of piperidine rings is 1. The summed E-state index contributed by atoms with van der Waals surface area (Å²) in [5.74, 6) is 2.74. The van der Waals surface area contributed by atoms with E-state index in [9.17, 15) is 4.79 Å². The SMILES string of the molecule is COc1ccc2[nH]c(C(=O)NCC3CCN(Cc4cccc5c4OC(C)(C)C5)CC3)cc2c1OC. The summed E-state index contributed by atoms with van der Waals surface area (Å²) >= 11 is 0. The number of methoxy groups -OCH3 is 2. The van der Waals surface area contributed by atoms with Gasteiger partial charge in [-0.3, -0.25) is 9.69 Å². The molecule has 3 aromatic rings. The number of carbonyl (C=O) groups is 1. The molecule has 2 aliphatic heterocycles. The summed E-state index contributed by atoms with van der Waals surface area (Å²) in [7, 11) is 3.21. The van der Waals surface area contributed by atoms with Crippen LogP contribution in [0, 0.1) is 5.92 Å². The fraction of sp³-hybridized carbons (Fsp3) is 0.464. The van der Waals surface area contributed by atoms with Crippen molar-refractivity contribution in [2.75, 3.05) is 33.9 Å². The molecule has 1 fully saturated rings. The van der Waals surface area contributed by atoms with Gasteiger partial charge in [0.1, 0.15) is 17.0 Å². The molecular weight excluding hydrogens is 442 g/mol. The molecule has 0 bridgehead atoms. The van der Waals surface area contributed by atoms with Crippen molar-refractivity contribution >= 4 is 16.8 Å². The van der Waals surface area contributed by atoms with Crippen LogP contribution in [0.15, 0.2) is 36.4 Å². The topological polar surface area (TPSA) is 75.8 Å². The largest absolute Gasteiger partial charge is 0.493 e. The molecule has 0 saturated carbocycles. The molecule has 1 amide bonds. The van der Waals surface area contributed by atoms with Crippen LogP contribution in [0.1, 0.15) is 48.3 Å². The number of hydrogen-bond acceptors (Lipinski definition) is 5. The number of aromatic nitrogens is 1. The number of ether oxygens (including phenoxy) is 3. The van der Waals surface area contributed by atoms with Crippen LogP contribution in [0.2, 0.25) is 0 Å². The smallest absolute Gasteiger partial charge is 0.267 e. The summed E-state index contributed by atoms with van der Waals surface area (Å²) in [6, 6.07) is 12.1. The number of H-pyrrole nitrogens is 1. The molecule has 1 aromatic heterocycles. The second-order valence-electron chi connectivity index (χ2n) is 10.3. The molecular formula is C28H35N3O4. The van der Waals surface area contributed by atoms with E-state index >= 15 is 0 Å². The third kappa shape index (κ3) is 4.82. The van der Waals surface area contributed by atoms with Crippen LogP contribution in [0.25, 0.3) is 10.9 Å². The molecule has 2 aromatic carbocycles. The second kappa shape index (κ2) is 9.46. The summed E-state index contributed by atoms with van der Waals surface area (Å²) in [5.41, 5.74) is 3.86. The standard InChI is InChI=1S/C28H35N3O4/c1-28(2)15-19-6-5-7-20(25(19)35-28)17-31-12-10-18(11-13-31)16-29-27(32)23-14-21-22(30-23)8-9-24(33-3)26(21)34-4/h5-9,14,18,30H,10-13,15-17H2,1-4H3,(H,29,32). The number of nitrogens with zero attached hydrogens (tertiary/aromatic N) is 1. The molecule has 35 heavy (non-hydrogen) atoms. The molecule has 7 nitrogen and oxygen atoms in total.